The van der Waals surface area contributed by atoms with E-state index >= 15 is 0 Å². The van der Waals surface area contributed by atoms with Crippen molar-refractivity contribution < 1.29 is 65.5 Å². The maximum absolute atomic E-state index is 10.7. The number of para-hydroxylation sites is 1. The average molecular weight is 1200 g/mol. The number of pyridine rings is 1. The number of benzene rings is 8. The van der Waals surface area contributed by atoms with Crippen LogP contribution in [0.2, 0.25) is 0 Å². The molecular weight excluding hydrogens is 1070 g/mol. The second-order valence-corrected chi connectivity index (χ2v) is 26.0. The van der Waals surface area contributed by atoms with Gasteiger partial charge >= 0.3 is 0 Å². The number of hydrogen-bond acceptors (Lipinski definition) is 2. The Hall–Kier alpha value is -8.02. The summed E-state index contributed by atoms with van der Waals surface area (Å²) in [7, 11) is 0. The zero-order valence-corrected chi connectivity index (χ0v) is 49.9. The van der Waals surface area contributed by atoms with Gasteiger partial charge in [0.1, 0.15) is 17.3 Å². The molecule has 88 heavy (non-hydrogen) atoms. The number of ether oxygens (including phenoxy) is 1. The monoisotopic (exact) mass is 1200 g/mol. The molecule has 0 spiro atoms. The minimum absolute atomic E-state index is 0.0200. The number of aromatic nitrogens is 4. The molecule has 0 aliphatic heterocycles. The van der Waals surface area contributed by atoms with Gasteiger partial charge in [-0.15, -0.1) is 0 Å². The van der Waals surface area contributed by atoms with Gasteiger partial charge in [0.25, 0.3) is 6.33 Å². The van der Waals surface area contributed by atoms with Crippen LogP contribution in [0.4, 0.5) is 0 Å². The van der Waals surface area contributed by atoms with E-state index in [1.165, 1.54) is 34.9 Å². The predicted molar refractivity (Wildman–Crippen MR) is 370 cm³/mol. The van der Waals surface area contributed by atoms with E-state index < -0.39 is 212 Å². The van der Waals surface area contributed by atoms with Gasteiger partial charge in [0, 0.05) is 71.0 Å². The first kappa shape index (κ1) is 28.2. The van der Waals surface area contributed by atoms with Crippen molar-refractivity contribution in [2.24, 2.45) is 0 Å². The van der Waals surface area contributed by atoms with Gasteiger partial charge < -0.3 is 4.74 Å². The van der Waals surface area contributed by atoms with E-state index in [1.54, 1.807) is 30.5 Å². The molecule has 3 aromatic heterocycles. The third kappa shape index (κ3) is 10.4. The Labute approximate surface area is 582 Å². The van der Waals surface area contributed by atoms with Crippen molar-refractivity contribution in [3.8, 4) is 62.1 Å². The summed E-state index contributed by atoms with van der Waals surface area (Å²) in [5.74, 6) is 0.859. The SMILES string of the molecule is [2H]c1c([2H])c2c(c([2H])c1-c1cc(C([2H])([2H])[2H])cc(-c3c([2H])c([2H])c4c(c3[2H])C(C([2H])([2H])[2H])(C([2H])([2H])[2H])C([2H])([2H])C([2H])([2H])C4(C([2H])([2H])[2H])C([2H])([2H])[2H])c1-[n+]1[c-]n(-c3cccc(Oc4ccc5c6ccccc6n(-c6cc(C(C)(C)C)ccn6)c5c4)c3)c3cc(-c4cc(C(C)(C)C)cc(C(C)(C)C)c4)ccc31)C(C([2H])([2H])[2H])(C([2H])([2H])[2H])C([2H])([2H])C([2H])([2H])C2(C([2H])([2H])[2H])C([2H])([2H])[2H]. The molecule has 448 valence electrons. The van der Waals surface area contributed by atoms with Crippen LogP contribution in [0.3, 0.4) is 0 Å². The first-order valence-corrected chi connectivity index (χ1v) is 28.6. The van der Waals surface area contributed by atoms with E-state index in [0.29, 0.717) is 34.6 Å². The van der Waals surface area contributed by atoms with Gasteiger partial charge in [0.2, 0.25) is 0 Å². The molecule has 5 nitrogen and oxygen atoms in total. The topological polar surface area (TPSA) is 35.9 Å². The lowest BCUT2D eigenvalue weighted by atomic mass is 9.62. The van der Waals surface area contributed by atoms with Gasteiger partial charge in [-0.2, -0.15) is 0 Å². The predicted octanol–water partition coefficient (Wildman–Crippen LogP) is 21.9. The van der Waals surface area contributed by atoms with Crippen LogP contribution in [0, 0.1) is 13.2 Å². The number of imidazole rings is 1. The minimum atomic E-state index is -4.98. The highest BCUT2D eigenvalue weighted by Gasteiger charge is 2.39. The summed E-state index contributed by atoms with van der Waals surface area (Å²) >= 11 is 0. The molecule has 0 saturated carbocycles. The van der Waals surface area contributed by atoms with Crippen LogP contribution >= 0.6 is 0 Å². The average Bonchev–Trinajstić information content (AvgIpc) is 1.25. The molecule has 0 radical (unpaired) electrons. The molecule has 2 aliphatic carbocycles. The third-order valence-electron chi connectivity index (χ3n) is 16.3. The first-order chi connectivity index (χ1) is 58.2. The molecule has 11 aromatic rings. The summed E-state index contributed by atoms with van der Waals surface area (Å²) in [6.07, 6.45) is -14.9. The molecule has 0 amide bonds. The van der Waals surface area contributed by atoms with Crippen molar-refractivity contribution in [3.63, 3.8) is 0 Å². The van der Waals surface area contributed by atoms with Crippen molar-refractivity contribution in [1.29, 1.82) is 0 Å². The van der Waals surface area contributed by atoms with Gasteiger partial charge in [0.15, 0.2) is 0 Å². The van der Waals surface area contributed by atoms with Crippen LogP contribution in [0.1, 0.15) is 243 Å². The van der Waals surface area contributed by atoms with E-state index in [0.717, 1.165) is 37.5 Å². The fourth-order valence-electron chi connectivity index (χ4n) is 11.5. The Balaban J connectivity index is 1.29. The van der Waals surface area contributed by atoms with Gasteiger partial charge in [0.05, 0.1) is 41.7 Å². The smallest absolute Gasteiger partial charge is 0.269 e. The quantitative estimate of drug-likeness (QED) is 0.112. The van der Waals surface area contributed by atoms with Gasteiger partial charge in [-0.3, -0.25) is 13.7 Å². The fourth-order valence-corrected chi connectivity index (χ4v) is 11.5. The summed E-state index contributed by atoms with van der Waals surface area (Å²) in [6, 6.07) is 22.8. The maximum atomic E-state index is 10.7. The Kier molecular flexibility index (Phi) is 6.58. The first-order valence-electron chi connectivity index (χ1n) is 49.1. The van der Waals surface area contributed by atoms with Crippen molar-refractivity contribution in [2.75, 3.05) is 0 Å². The highest BCUT2D eigenvalue weighted by atomic mass is 16.5. The molecule has 5 heteroatoms. The second-order valence-electron chi connectivity index (χ2n) is 26.0. The van der Waals surface area contributed by atoms with Crippen molar-refractivity contribution in [2.45, 2.75) is 187 Å². The van der Waals surface area contributed by atoms with Crippen LogP contribution in [0.25, 0.3) is 83.4 Å². The van der Waals surface area contributed by atoms with Crippen LogP contribution in [-0.4, -0.2) is 14.1 Å². The highest BCUT2D eigenvalue weighted by Crippen LogP contribution is 2.50. The minimum Gasteiger partial charge on any atom is -0.458 e. The standard InChI is InChI=1S/C83H90N4O/c1-52-40-65(54-26-31-67-69(44-54)82(15,16)37-35-80(67,11)12)76(66(41-52)55-27-32-68-70(45-55)83(17,18)38-36-81(68,13)14)86-51-85(74-46-53(28-33-72(74)86)56-42-58(78(5,6)7)47-59(43-56)79(8,9)10)60-22-21-23-61(49-60)88-62-29-30-64-63-24-19-20-25-71(63)87(73(64)50-62)75-48-57(34-39-84-75)77(2,3)4/h19-34,39-50H,35-38H2,1-18H3/i1D3,11D3,12D3,13D3,14D3,15D3,16D3,17D3,18D3,26D,27D,31D,32D,35D2,36D2,37D2,38D2,44D,45D. The van der Waals surface area contributed by atoms with E-state index in [9.17, 15) is 39.8 Å². The molecule has 0 N–H and O–H groups in total. The summed E-state index contributed by atoms with van der Waals surface area (Å²) < 4.78 is 399. The van der Waals surface area contributed by atoms with E-state index in [1.807, 2.05) is 107 Å². The van der Waals surface area contributed by atoms with Gasteiger partial charge in [-0.05, 0) is 197 Å². The summed E-state index contributed by atoms with van der Waals surface area (Å²) in [4.78, 5) is 4.81. The number of rotatable bonds is 8. The van der Waals surface area contributed by atoms with Crippen LogP contribution in [0.15, 0.2) is 170 Å². The second kappa shape index (κ2) is 20.5. The molecule has 3 heterocycles. The van der Waals surface area contributed by atoms with E-state index in [-0.39, 0.29) is 33.6 Å². The van der Waals surface area contributed by atoms with Gasteiger partial charge in [-0.25, -0.2) is 4.98 Å². The Morgan fingerprint density at radius 2 is 1.09 bits per heavy atom. The van der Waals surface area contributed by atoms with E-state index in [2.05, 4.69) is 27.1 Å². The number of aryl methyl sites for hydroxylation is 1. The molecule has 2 aliphatic rings. The molecular formula is C83H90N4O. The molecule has 0 saturated heterocycles. The van der Waals surface area contributed by atoms with Gasteiger partial charge in [-0.1, -0.05) is 226 Å². The number of nitrogens with zero attached hydrogens (tertiary/aromatic N) is 4. The van der Waals surface area contributed by atoms with Crippen LogP contribution < -0.4 is 9.30 Å². The Bertz CT molecular complexity index is 6150. The normalized spacial score (nSPS) is 26.7. The third-order valence-corrected chi connectivity index (χ3v) is 16.3. The summed E-state index contributed by atoms with van der Waals surface area (Å²) in [5, 5.41) is 1.64. The van der Waals surface area contributed by atoms with E-state index in [4.69, 9.17) is 26.2 Å². The molecule has 0 unspecified atom stereocenters. The fraction of sp³-hybridized carbons (Fsp3) is 0.349. The largest absolute Gasteiger partial charge is 0.458 e. The van der Waals surface area contributed by atoms with Crippen molar-refractivity contribution >= 4 is 32.8 Å². The van der Waals surface area contributed by atoms with Crippen LogP contribution in [0.5, 0.6) is 11.5 Å². The lowest BCUT2D eigenvalue weighted by Gasteiger charge is -2.42. The zero-order valence-electron chi connectivity index (χ0n) is 90.9. The Morgan fingerprint density at radius 1 is 0.511 bits per heavy atom. The molecule has 0 atom stereocenters. The molecule has 0 fully saturated rings. The summed E-state index contributed by atoms with van der Waals surface area (Å²) in [5.41, 5.74) is -32.2. The van der Waals surface area contributed by atoms with Crippen molar-refractivity contribution in [1.82, 2.24) is 14.1 Å². The van der Waals surface area contributed by atoms with Crippen LogP contribution in [-0.2, 0) is 37.9 Å². The van der Waals surface area contributed by atoms with Crippen molar-refractivity contribution in [3.05, 3.63) is 221 Å². The molecule has 13 rings (SSSR count). The number of fused-ring (bicyclic) bond motifs is 6. The molecule has 0 bridgehead atoms. The highest BCUT2D eigenvalue weighted by molar-refractivity contribution is 6.09. The maximum Gasteiger partial charge on any atom is 0.269 e. The lowest BCUT2D eigenvalue weighted by Crippen LogP contribution is -2.34. The lowest BCUT2D eigenvalue weighted by molar-refractivity contribution is -0.571. The summed E-state index contributed by atoms with van der Waals surface area (Å²) in [6.45, 7) is -23.2. The molecule has 8 aromatic carbocycles. The Morgan fingerprint density at radius 3 is 1.68 bits per heavy atom. The number of hydrogen-bond donors (Lipinski definition) is 0. The zero-order chi connectivity index (χ0) is 97.3.